The van der Waals surface area contributed by atoms with Gasteiger partial charge in [0.1, 0.15) is 6.04 Å². The van der Waals surface area contributed by atoms with Crippen LogP contribution in [0.3, 0.4) is 0 Å². The number of amides is 2. The molecule has 11 heteroatoms. The van der Waals surface area contributed by atoms with Crippen molar-refractivity contribution in [3.05, 3.63) is 0 Å². The molecule has 2 amide bonds. The number of hydrogen-bond acceptors (Lipinski definition) is 5. The minimum absolute atomic E-state index is 0.0120. The molecule has 0 aliphatic carbocycles. The fourth-order valence-corrected chi connectivity index (χ4v) is 3.49. The van der Waals surface area contributed by atoms with Crippen LogP contribution in [0.25, 0.3) is 0 Å². The van der Waals surface area contributed by atoms with Crippen LogP contribution >= 0.6 is 12.2 Å². The van der Waals surface area contributed by atoms with E-state index in [1.165, 1.54) is 0 Å². The molecule has 8 N–H and O–H groups in total. The summed E-state index contributed by atoms with van der Waals surface area (Å²) in [5, 5.41) is 5.81. The molecule has 0 bridgehead atoms. The van der Waals surface area contributed by atoms with Gasteiger partial charge >= 0.3 is 0 Å². The maximum atomic E-state index is 12.9. The normalized spacial score (nSPS) is 19.3. The number of guanidine groups is 1. The SMILES string of the molecule is [B]C(CCCN=C(N)N)NC(=S)C1CCCN1C(=O)C(C)NC(=O)C(N)C(C)C. The van der Waals surface area contributed by atoms with Crippen LogP contribution in [0.15, 0.2) is 4.99 Å². The van der Waals surface area contributed by atoms with E-state index < -0.39 is 12.1 Å². The van der Waals surface area contributed by atoms with E-state index in [4.69, 9.17) is 37.3 Å². The van der Waals surface area contributed by atoms with Crippen LogP contribution in [-0.2, 0) is 9.59 Å². The van der Waals surface area contributed by atoms with Gasteiger partial charge in [0.05, 0.1) is 24.9 Å². The van der Waals surface area contributed by atoms with Gasteiger partial charge in [0.15, 0.2) is 5.96 Å². The fraction of sp³-hybridized carbons (Fsp3) is 0.778. The van der Waals surface area contributed by atoms with Crippen molar-refractivity contribution in [3.8, 4) is 0 Å². The van der Waals surface area contributed by atoms with Crippen molar-refractivity contribution in [2.75, 3.05) is 13.1 Å². The van der Waals surface area contributed by atoms with Crippen LogP contribution in [0.2, 0.25) is 0 Å². The summed E-state index contributed by atoms with van der Waals surface area (Å²) in [5.41, 5.74) is 16.4. The van der Waals surface area contributed by atoms with Gasteiger partial charge < -0.3 is 32.7 Å². The zero-order valence-corrected chi connectivity index (χ0v) is 18.4. The van der Waals surface area contributed by atoms with Gasteiger partial charge in [-0.05, 0) is 44.5 Å². The standard InChI is InChI=1S/C18H34BN7O2S/c1-10(2)14(20)15(27)24-11(3)17(28)26-9-5-6-12(26)16(29)25-13(19)7-4-8-23-18(21)22/h10-14H,4-9,20H2,1-3H3,(H,24,27)(H,25,29)(H4,21,22,23). The number of thiocarbonyl (C=S) groups is 1. The third kappa shape index (κ3) is 8.18. The van der Waals surface area contributed by atoms with E-state index in [9.17, 15) is 9.59 Å². The lowest BCUT2D eigenvalue weighted by molar-refractivity contribution is -0.136. The highest BCUT2D eigenvalue weighted by Crippen LogP contribution is 2.19. The molecule has 0 saturated carbocycles. The van der Waals surface area contributed by atoms with Gasteiger partial charge in [0, 0.05) is 13.1 Å². The molecular weight excluding hydrogens is 389 g/mol. The number of aliphatic imine (C=N–C) groups is 1. The number of nitrogens with two attached hydrogens (primary N) is 3. The minimum atomic E-state index is -0.677. The lowest BCUT2D eigenvalue weighted by Gasteiger charge is -2.30. The molecule has 0 aromatic rings. The van der Waals surface area contributed by atoms with Gasteiger partial charge in [-0.15, -0.1) is 0 Å². The first-order valence-corrected chi connectivity index (χ1v) is 10.4. The third-order valence-corrected chi connectivity index (χ3v) is 5.27. The molecule has 0 aromatic heterocycles. The zero-order chi connectivity index (χ0) is 22.1. The molecular formula is C18H34BN7O2S. The highest BCUT2D eigenvalue weighted by molar-refractivity contribution is 7.80. The Morgan fingerprint density at radius 1 is 1.28 bits per heavy atom. The van der Waals surface area contributed by atoms with Crippen LogP contribution in [0, 0.1) is 5.92 Å². The molecule has 4 atom stereocenters. The number of carbonyl (C=O) groups is 2. The quantitative estimate of drug-likeness (QED) is 0.0986. The van der Waals surface area contributed by atoms with Crippen molar-refractivity contribution in [1.82, 2.24) is 15.5 Å². The van der Waals surface area contributed by atoms with E-state index in [0.717, 1.165) is 12.8 Å². The molecule has 162 valence electrons. The Labute approximate surface area is 180 Å². The Kier molecular flexibility index (Phi) is 10.4. The van der Waals surface area contributed by atoms with Crippen LogP contribution in [0.4, 0.5) is 0 Å². The predicted molar refractivity (Wildman–Crippen MR) is 120 cm³/mol. The van der Waals surface area contributed by atoms with Crippen molar-refractivity contribution < 1.29 is 9.59 Å². The summed E-state index contributed by atoms with van der Waals surface area (Å²) in [6, 6.07) is -1.57. The summed E-state index contributed by atoms with van der Waals surface area (Å²) in [5.74, 6) is -0.822. The number of likely N-dealkylation sites (tertiary alicyclic amines) is 1. The average Bonchev–Trinajstić information content (AvgIpc) is 3.13. The molecule has 9 nitrogen and oxygen atoms in total. The molecule has 1 saturated heterocycles. The molecule has 1 fully saturated rings. The highest BCUT2D eigenvalue weighted by atomic mass is 32.1. The van der Waals surface area contributed by atoms with Crippen molar-refractivity contribution >= 4 is 42.8 Å². The summed E-state index contributed by atoms with van der Waals surface area (Å²) in [4.78, 5) is 31.2. The lowest BCUT2D eigenvalue weighted by atomic mass is 9.91. The monoisotopic (exact) mass is 423 g/mol. The number of nitrogens with one attached hydrogen (secondary N) is 2. The summed E-state index contributed by atoms with van der Waals surface area (Å²) < 4.78 is 0. The van der Waals surface area contributed by atoms with Crippen molar-refractivity contribution in [2.45, 2.75) is 70.5 Å². The first-order chi connectivity index (χ1) is 13.5. The Balaban J connectivity index is 2.57. The summed E-state index contributed by atoms with van der Waals surface area (Å²) >= 11 is 5.50. The molecule has 1 aliphatic rings. The van der Waals surface area contributed by atoms with E-state index in [1.807, 2.05) is 13.8 Å². The van der Waals surface area contributed by atoms with E-state index in [1.54, 1.807) is 11.8 Å². The second kappa shape index (κ2) is 12.0. The van der Waals surface area contributed by atoms with E-state index in [2.05, 4.69) is 15.6 Å². The molecule has 1 heterocycles. The Bertz CT molecular complexity index is 613. The zero-order valence-electron chi connectivity index (χ0n) is 17.6. The van der Waals surface area contributed by atoms with E-state index in [-0.39, 0.29) is 35.7 Å². The first kappa shape index (κ1) is 25.2. The Morgan fingerprint density at radius 2 is 1.93 bits per heavy atom. The average molecular weight is 423 g/mol. The first-order valence-electron chi connectivity index (χ1n) is 10.0. The van der Waals surface area contributed by atoms with Gasteiger partial charge in [0.25, 0.3) is 0 Å². The number of carbonyl (C=O) groups excluding carboxylic acids is 2. The summed E-state index contributed by atoms with van der Waals surface area (Å²) in [6.45, 7) is 6.46. The third-order valence-electron chi connectivity index (χ3n) is 4.88. The molecule has 2 radical (unpaired) electrons. The molecule has 0 aromatic carbocycles. The number of nitrogens with zero attached hydrogens (tertiary/aromatic N) is 2. The second-order valence-electron chi connectivity index (χ2n) is 7.75. The maximum absolute atomic E-state index is 12.9. The second-order valence-corrected chi connectivity index (χ2v) is 8.19. The Hall–Kier alpha value is -1.88. The van der Waals surface area contributed by atoms with Crippen LogP contribution in [0.5, 0.6) is 0 Å². The highest BCUT2D eigenvalue weighted by Gasteiger charge is 2.35. The summed E-state index contributed by atoms with van der Waals surface area (Å²) in [7, 11) is 6.08. The van der Waals surface area contributed by atoms with Crippen molar-refractivity contribution in [3.63, 3.8) is 0 Å². The topological polar surface area (TPSA) is 152 Å². The lowest BCUT2D eigenvalue weighted by Crippen LogP contribution is -2.55. The molecule has 1 aliphatic heterocycles. The molecule has 4 unspecified atom stereocenters. The van der Waals surface area contributed by atoms with Gasteiger partial charge in [-0.25, -0.2) is 0 Å². The van der Waals surface area contributed by atoms with Gasteiger partial charge in [-0.3, -0.25) is 14.6 Å². The Morgan fingerprint density at radius 3 is 2.52 bits per heavy atom. The van der Waals surface area contributed by atoms with E-state index in [0.29, 0.717) is 30.9 Å². The van der Waals surface area contributed by atoms with Gasteiger partial charge in [-0.2, -0.15) is 0 Å². The van der Waals surface area contributed by atoms with Crippen molar-refractivity contribution in [1.29, 1.82) is 0 Å². The number of hydrogen-bond donors (Lipinski definition) is 5. The van der Waals surface area contributed by atoms with E-state index >= 15 is 0 Å². The molecule has 0 spiro atoms. The number of rotatable bonds is 10. The smallest absolute Gasteiger partial charge is 0.245 e. The maximum Gasteiger partial charge on any atom is 0.245 e. The fourth-order valence-electron chi connectivity index (χ4n) is 3.10. The minimum Gasteiger partial charge on any atom is -0.384 e. The van der Waals surface area contributed by atoms with Crippen LogP contribution in [-0.4, -0.2) is 72.7 Å². The molecule has 29 heavy (non-hydrogen) atoms. The predicted octanol–water partition coefficient (Wildman–Crippen LogP) is -1.07. The van der Waals surface area contributed by atoms with Crippen LogP contribution < -0.4 is 27.8 Å². The van der Waals surface area contributed by atoms with Crippen LogP contribution in [0.1, 0.15) is 46.5 Å². The van der Waals surface area contributed by atoms with Gasteiger partial charge in [-0.1, -0.05) is 26.1 Å². The van der Waals surface area contributed by atoms with Crippen molar-refractivity contribution in [2.24, 2.45) is 28.1 Å². The summed E-state index contributed by atoms with van der Waals surface area (Å²) in [6.07, 6.45) is 2.94. The largest absolute Gasteiger partial charge is 0.384 e. The van der Waals surface area contributed by atoms with Gasteiger partial charge in [0.2, 0.25) is 11.8 Å². The molecule has 1 rings (SSSR count).